The lowest BCUT2D eigenvalue weighted by Crippen LogP contribution is -2.34. The van der Waals surface area contributed by atoms with Crippen LogP contribution in [0.3, 0.4) is 0 Å². The van der Waals surface area contributed by atoms with Crippen LogP contribution in [-0.4, -0.2) is 34.9 Å². The van der Waals surface area contributed by atoms with E-state index in [9.17, 15) is 0 Å². The van der Waals surface area contributed by atoms with Crippen LogP contribution in [0.5, 0.6) is 0 Å². The lowest BCUT2D eigenvalue weighted by molar-refractivity contribution is 0.175. The number of piperidine rings is 1. The van der Waals surface area contributed by atoms with Gasteiger partial charge in [-0.2, -0.15) is 0 Å². The van der Waals surface area contributed by atoms with Crippen molar-refractivity contribution in [3.05, 3.63) is 95.3 Å². The minimum Gasteiger partial charge on any atom is -0.360 e. The lowest BCUT2D eigenvalue weighted by atomic mass is 9.90. The Bertz CT molecular complexity index is 879. The standard InChI is InChI=1S/C27H35N3/c1-22(29(2)20-25-11-7-4-8-12-25)27-14-13-26(28-27)21-30-17-15-24(16-18-30)19-23-9-5-3-6-10-23/h3-14,22,24,28H,15-21H2,1-2H3. The number of likely N-dealkylation sites (tertiary alicyclic amines) is 1. The third kappa shape index (κ3) is 5.62. The Morgan fingerprint density at radius 3 is 2.20 bits per heavy atom. The molecule has 0 aliphatic carbocycles. The summed E-state index contributed by atoms with van der Waals surface area (Å²) < 4.78 is 0. The predicted molar refractivity (Wildman–Crippen MR) is 125 cm³/mol. The molecule has 0 saturated carbocycles. The largest absolute Gasteiger partial charge is 0.360 e. The Hall–Kier alpha value is -2.36. The first-order chi connectivity index (χ1) is 14.7. The molecule has 1 atom stereocenters. The molecule has 3 nitrogen and oxygen atoms in total. The molecular formula is C27H35N3. The maximum absolute atomic E-state index is 3.69. The van der Waals surface area contributed by atoms with Crippen LogP contribution in [0.1, 0.15) is 48.3 Å². The van der Waals surface area contributed by atoms with Gasteiger partial charge < -0.3 is 4.98 Å². The Kier molecular flexibility index (Phi) is 7.03. The molecule has 1 aromatic heterocycles. The molecule has 1 saturated heterocycles. The molecule has 2 heterocycles. The van der Waals surface area contributed by atoms with Crippen LogP contribution < -0.4 is 0 Å². The molecule has 1 N–H and O–H groups in total. The molecule has 0 radical (unpaired) electrons. The highest BCUT2D eigenvalue weighted by Gasteiger charge is 2.20. The summed E-state index contributed by atoms with van der Waals surface area (Å²) in [7, 11) is 2.20. The highest BCUT2D eigenvalue weighted by atomic mass is 15.1. The Labute approximate surface area is 181 Å². The molecule has 158 valence electrons. The van der Waals surface area contributed by atoms with E-state index in [0.29, 0.717) is 6.04 Å². The van der Waals surface area contributed by atoms with Gasteiger partial charge in [0.25, 0.3) is 0 Å². The maximum Gasteiger partial charge on any atom is 0.0470 e. The second-order valence-corrected chi connectivity index (χ2v) is 8.92. The summed E-state index contributed by atoms with van der Waals surface area (Å²) in [5, 5.41) is 0. The summed E-state index contributed by atoms with van der Waals surface area (Å²) in [6.07, 6.45) is 3.84. The van der Waals surface area contributed by atoms with Gasteiger partial charge in [0.05, 0.1) is 0 Å². The van der Waals surface area contributed by atoms with Gasteiger partial charge in [0.15, 0.2) is 0 Å². The van der Waals surface area contributed by atoms with E-state index >= 15 is 0 Å². The lowest BCUT2D eigenvalue weighted by Gasteiger charge is -2.31. The van der Waals surface area contributed by atoms with E-state index in [1.165, 1.54) is 54.9 Å². The van der Waals surface area contributed by atoms with Gasteiger partial charge in [-0.1, -0.05) is 60.7 Å². The van der Waals surface area contributed by atoms with Crippen molar-refractivity contribution >= 4 is 0 Å². The first-order valence-electron chi connectivity index (χ1n) is 11.4. The number of nitrogens with zero attached hydrogens (tertiary/aromatic N) is 2. The molecule has 30 heavy (non-hydrogen) atoms. The summed E-state index contributed by atoms with van der Waals surface area (Å²) in [5.74, 6) is 0.828. The van der Waals surface area contributed by atoms with Crippen molar-refractivity contribution in [2.75, 3.05) is 20.1 Å². The maximum atomic E-state index is 3.69. The fourth-order valence-corrected chi connectivity index (χ4v) is 4.58. The second-order valence-electron chi connectivity index (χ2n) is 8.92. The fraction of sp³-hybridized carbons (Fsp3) is 0.407. The van der Waals surface area contributed by atoms with Crippen molar-refractivity contribution in [3.8, 4) is 0 Å². The van der Waals surface area contributed by atoms with Crippen molar-refractivity contribution in [2.45, 2.75) is 45.3 Å². The smallest absolute Gasteiger partial charge is 0.0470 e. The molecule has 0 bridgehead atoms. The third-order valence-corrected chi connectivity index (χ3v) is 6.62. The topological polar surface area (TPSA) is 22.3 Å². The van der Waals surface area contributed by atoms with Gasteiger partial charge in [0.1, 0.15) is 0 Å². The van der Waals surface area contributed by atoms with Crippen LogP contribution in [0, 0.1) is 5.92 Å². The van der Waals surface area contributed by atoms with Gasteiger partial charge in [-0.3, -0.25) is 9.80 Å². The van der Waals surface area contributed by atoms with Gasteiger partial charge >= 0.3 is 0 Å². The second kappa shape index (κ2) is 10.1. The number of nitrogens with one attached hydrogen (secondary N) is 1. The molecule has 2 aromatic carbocycles. The average molecular weight is 402 g/mol. The summed E-state index contributed by atoms with van der Waals surface area (Å²) >= 11 is 0. The number of rotatable bonds is 8. The Morgan fingerprint density at radius 1 is 0.900 bits per heavy atom. The average Bonchev–Trinajstić information content (AvgIpc) is 3.24. The summed E-state index contributed by atoms with van der Waals surface area (Å²) in [6, 6.07) is 26.6. The van der Waals surface area contributed by atoms with E-state index in [-0.39, 0.29) is 0 Å². The van der Waals surface area contributed by atoms with E-state index in [0.717, 1.165) is 19.0 Å². The van der Waals surface area contributed by atoms with E-state index in [4.69, 9.17) is 0 Å². The molecule has 3 heteroatoms. The van der Waals surface area contributed by atoms with Crippen LogP contribution in [0.2, 0.25) is 0 Å². The minimum absolute atomic E-state index is 0.371. The van der Waals surface area contributed by atoms with Gasteiger partial charge in [0.2, 0.25) is 0 Å². The molecule has 3 aromatic rings. The quantitative estimate of drug-likeness (QED) is 0.526. The van der Waals surface area contributed by atoms with Crippen LogP contribution >= 0.6 is 0 Å². The third-order valence-electron chi connectivity index (χ3n) is 6.62. The van der Waals surface area contributed by atoms with Crippen LogP contribution in [0.4, 0.5) is 0 Å². The van der Waals surface area contributed by atoms with Gasteiger partial charge in [0, 0.05) is 30.5 Å². The predicted octanol–water partition coefficient (Wildman–Crippen LogP) is 5.66. The molecular weight excluding hydrogens is 366 g/mol. The number of hydrogen-bond donors (Lipinski definition) is 1. The highest BCUT2D eigenvalue weighted by molar-refractivity contribution is 5.18. The molecule has 1 unspecified atom stereocenters. The van der Waals surface area contributed by atoms with E-state index in [1.807, 2.05) is 0 Å². The Balaban J connectivity index is 1.25. The molecule has 0 spiro atoms. The zero-order valence-corrected chi connectivity index (χ0v) is 18.4. The van der Waals surface area contributed by atoms with Crippen LogP contribution in [0.25, 0.3) is 0 Å². The fourth-order valence-electron chi connectivity index (χ4n) is 4.58. The first-order valence-corrected chi connectivity index (χ1v) is 11.4. The molecule has 0 amide bonds. The number of aromatic amines is 1. The Morgan fingerprint density at radius 2 is 1.53 bits per heavy atom. The number of H-pyrrole nitrogens is 1. The van der Waals surface area contributed by atoms with Crippen LogP contribution in [-0.2, 0) is 19.5 Å². The van der Waals surface area contributed by atoms with Crippen molar-refractivity contribution in [2.24, 2.45) is 5.92 Å². The van der Waals surface area contributed by atoms with Crippen molar-refractivity contribution in [3.63, 3.8) is 0 Å². The van der Waals surface area contributed by atoms with Gasteiger partial charge in [-0.05, 0) is 75.5 Å². The molecule has 1 fully saturated rings. The number of benzene rings is 2. The summed E-state index contributed by atoms with van der Waals surface area (Å²) in [4.78, 5) is 8.70. The minimum atomic E-state index is 0.371. The van der Waals surface area contributed by atoms with Crippen molar-refractivity contribution in [1.82, 2.24) is 14.8 Å². The molecule has 1 aliphatic heterocycles. The van der Waals surface area contributed by atoms with Gasteiger partial charge in [-0.25, -0.2) is 0 Å². The SMILES string of the molecule is CC(c1ccc(CN2CCC(Cc3ccccc3)CC2)[nH]1)N(C)Cc1ccccc1. The first kappa shape index (κ1) is 20.9. The highest BCUT2D eigenvalue weighted by Crippen LogP contribution is 2.24. The molecule has 1 aliphatic rings. The monoisotopic (exact) mass is 401 g/mol. The van der Waals surface area contributed by atoms with Crippen molar-refractivity contribution in [1.29, 1.82) is 0 Å². The number of aromatic nitrogens is 1. The van der Waals surface area contributed by atoms with E-state index in [2.05, 4.69) is 102 Å². The summed E-state index contributed by atoms with van der Waals surface area (Å²) in [5.41, 5.74) is 5.49. The van der Waals surface area contributed by atoms with Crippen molar-refractivity contribution < 1.29 is 0 Å². The van der Waals surface area contributed by atoms with E-state index < -0.39 is 0 Å². The number of hydrogen-bond acceptors (Lipinski definition) is 2. The molecule has 4 rings (SSSR count). The zero-order valence-electron chi connectivity index (χ0n) is 18.4. The summed E-state index contributed by atoms with van der Waals surface area (Å²) in [6.45, 7) is 6.69. The normalized spacial score (nSPS) is 16.8. The van der Waals surface area contributed by atoms with Gasteiger partial charge in [-0.15, -0.1) is 0 Å². The van der Waals surface area contributed by atoms with Crippen LogP contribution in [0.15, 0.2) is 72.8 Å². The zero-order chi connectivity index (χ0) is 20.8. The van der Waals surface area contributed by atoms with E-state index in [1.54, 1.807) is 0 Å².